The Morgan fingerprint density at radius 3 is 2.49 bits per heavy atom. The molecule has 0 aromatic heterocycles. The van der Waals surface area contributed by atoms with Crippen molar-refractivity contribution in [1.82, 2.24) is 0 Å². The molecular weight excluding hydrogens is 456 g/mol. The van der Waals surface area contributed by atoms with E-state index in [9.17, 15) is 9.90 Å². The van der Waals surface area contributed by atoms with Crippen LogP contribution in [0, 0.1) is 18.3 Å². The minimum atomic E-state index is -2.10. The molecule has 0 aliphatic heterocycles. The highest BCUT2D eigenvalue weighted by molar-refractivity contribution is 6.74. The van der Waals surface area contributed by atoms with Crippen molar-refractivity contribution in [3.8, 4) is 5.75 Å². The third-order valence-electron chi connectivity index (χ3n) is 9.87. The topological polar surface area (TPSA) is 65.0 Å². The standard InChI is InChI=1S/C29H44O5Si/c1-19-14-22-20(23(15-19)33-18-32-7)16-25(30)29(31)27(5)13-11-10-12-21(27)24(17-28(22,29)6)34-35(8,9)26(2,3)4/h10-11,14-15,21,24,31H,12-13,16-18H2,1-9H3/t21-,24-,27-,28+,29+/m1/s1. The number of rotatable bonds is 5. The van der Waals surface area contributed by atoms with Gasteiger partial charge >= 0.3 is 0 Å². The van der Waals surface area contributed by atoms with E-state index in [1.807, 2.05) is 13.0 Å². The number of benzene rings is 1. The van der Waals surface area contributed by atoms with Crippen LogP contribution in [0.15, 0.2) is 24.3 Å². The fraction of sp³-hybridized carbons (Fsp3) is 0.690. The molecule has 35 heavy (non-hydrogen) atoms. The zero-order chi connectivity index (χ0) is 26.0. The van der Waals surface area contributed by atoms with Gasteiger partial charge < -0.3 is 19.0 Å². The first-order valence-corrected chi connectivity index (χ1v) is 15.9. The number of methoxy groups -OCH3 is 1. The van der Waals surface area contributed by atoms with E-state index < -0.39 is 24.7 Å². The predicted octanol–water partition coefficient (Wildman–Crippen LogP) is 5.86. The monoisotopic (exact) mass is 500 g/mol. The Kier molecular flexibility index (Phi) is 6.49. The molecule has 3 aliphatic carbocycles. The van der Waals surface area contributed by atoms with Gasteiger partial charge in [0.05, 0.1) is 0 Å². The molecule has 0 unspecified atom stereocenters. The van der Waals surface area contributed by atoms with Crippen LogP contribution in [-0.2, 0) is 25.8 Å². The van der Waals surface area contributed by atoms with Crippen molar-refractivity contribution in [1.29, 1.82) is 0 Å². The summed E-state index contributed by atoms with van der Waals surface area (Å²) in [5.74, 6) is 0.655. The maximum atomic E-state index is 14.0. The SMILES string of the molecule is COCOc1cc(C)cc2c1CC(=O)[C@@]1(O)[C@@]2(C)C[C@@H](O[Si](C)(C)C(C)(C)C)[C@H]2CC=CC[C@]21C. The van der Waals surface area contributed by atoms with Gasteiger partial charge in [0, 0.05) is 36.0 Å². The molecule has 6 heteroatoms. The van der Waals surface area contributed by atoms with Crippen LogP contribution in [0.2, 0.25) is 18.1 Å². The number of allylic oxidation sites excluding steroid dienone is 2. The Bertz CT molecular complexity index is 1040. The Morgan fingerprint density at radius 1 is 1.17 bits per heavy atom. The Labute approximate surface area is 212 Å². The first-order chi connectivity index (χ1) is 16.1. The molecule has 5 nitrogen and oxygen atoms in total. The fourth-order valence-corrected chi connectivity index (χ4v) is 8.25. The van der Waals surface area contributed by atoms with Crippen LogP contribution in [-0.4, -0.2) is 44.8 Å². The average molecular weight is 501 g/mol. The van der Waals surface area contributed by atoms with Gasteiger partial charge in [0.15, 0.2) is 20.9 Å². The molecule has 0 heterocycles. The van der Waals surface area contributed by atoms with Crippen molar-refractivity contribution in [2.75, 3.05) is 13.9 Å². The third-order valence-corrected chi connectivity index (χ3v) is 14.4. The van der Waals surface area contributed by atoms with Crippen LogP contribution in [0.1, 0.15) is 70.6 Å². The molecule has 4 rings (SSSR count). The van der Waals surface area contributed by atoms with Crippen molar-refractivity contribution in [3.05, 3.63) is 41.0 Å². The normalized spacial score (nSPS) is 34.7. The molecule has 1 fully saturated rings. The molecule has 0 saturated heterocycles. The summed E-state index contributed by atoms with van der Waals surface area (Å²) in [7, 11) is -0.503. The zero-order valence-electron chi connectivity index (χ0n) is 23.1. The van der Waals surface area contributed by atoms with Crippen molar-refractivity contribution in [2.45, 2.75) is 102 Å². The van der Waals surface area contributed by atoms with Gasteiger partial charge in [0.25, 0.3) is 0 Å². The predicted molar refractivity (Wildman–Crippen MR) is 141 cm³/mol. The van der Waals surface area contributed by atoms with Crippen molar-refractivity contribution < 1.29 is 23.8 Å². The maximum Gasteiger partial charge on any atom is 0.192 e. The van der Waals surface area contributed by atoms with Gasteiger partial charge in [0.1, 0.15) is 11.4 Å². The van der Waals surface area contributed by atoms with E-state index in [0.29, 0.717) is 18.6 Å². The number of ketones is 1. The highest BCUT2D eigenvalue weighted by Crippen LogP contribution is 2.65. The largest absolute Gasteiger partial charge is 0.467 e. The fourth-order valence-electron chi connectivity index (χ4n) is 6.89. The summed E-state index contributed by atoms with van der Waals surface area (Å²) in [6.45, 7) is 17.8. The lowest BCUT2D eigenvalue weighted by Gasteiger charge is -2.66. The summed E-state index contributed by atoms with van der Waals surface area (Å²) in [4.78, 5) is 14.0. The number of hydrogen-bond donors (Lipinski definition) is 1. The number of hydrogen-bond acceptors (Lipinski definition) is 5. The molecule has 1 aromatic rings. The Hall–Kier alpha value is -1.47. The van der Waals surface area contributed by atoms with E-state index >= 15 is 0 Å². The summed E-state index contributed by atoms with van der Waals surface area (Å²) >= 11 is 0. The molecule has 1 saturated carbocycles. The van der Waals surface area contributed by atoms with Crippen LogP contribution in [0.4, 0.5) is 0 Å². The second kappa shape index (κ2) is 8.54. The second-order valence-corrected chi connectivity index (χ2v) is 17.8. The summed E-state index contributed by atoms with van der Waals surface area (Å²) < 4.78 is 18.2. The number of ether oxygens (including phenoxy) is 2. The van der Waals surface area contributed by atoms with Gasteiger partial charge in [-0.1, -0.05) is 52.8 Å². The van der Waals surface area contributed by atoms with Crippen molar-refractivity contribution in [2.24, 2.45) is 11.3 Å². The molecule has 0 bridgehead atoms. The first kappa shape index (κ1) is 26.6. The summed E-state index contributed by atoms with van der Waals surface area (Å²) in [6.07, 6.45) is 6.58. The average Bonchev–Trinajstić information content (AvgIpc) is 2.75. The molecule has 5 atom stereocenters. The zero-order valence-corrected chi connectivity index (χ0v) is 24.1. The molecule has 0 amide bonds. The molecule has 1 aromatic carbocycles. The van der Waals surface area contributed by atoms with Gasteiger partial charge in [-0.25, -0.2) is 0 Å². The van der Waals surface area contributed by atoms with Gasteiger partial charge in [-0.2, -0.15) is 0 Å². The van der Waals surface area contributed by atoms with Crippen LogP contribution in [0.3, 0.4) is 0 Å². The van der Waals surface area contributed by atoms with Gasteiger partial charge in [0.2, 0.25) is 0 Å². The number of carbonyl (C=O) groups excluding carboxylic acids is 1. The van der Waals surface area contributed by atoms with E-state index in [1.54, 1.807) is 7.11 Å². The Balaban J connectivity index is 1.92. The molecule has 1 N–H and O–H groups in total. The minimum absolute atomic E-state index is 0.0428. The molecular formula is C29H44O5Si. The number of carbonyl (C=O) groups is 1. The van der Waals surface area contributed by atoms with Crippen molar-refractivity contribution >= 4 is 14.1 Å². The highest BCUT2D eigenvalue weighted by atomic mass is 28.4. The summed E-state index contributed by atoms with van der Waals surface area (Å²) in [5, 5.41) is 12.7. The van der Waals surface area contributed by atoms with Crippen LogP contribution < -0.4 is 4.74 Å². The number of Topliss-reactive ketones (excluding diaryl/α,β-unsaturated/α-hetero) is 1. The lowest BCUT2D eigenvalue weighted by atomic mass is 9.41. The van der Waals surface area contributed by atoms with Gasteiger partial charge in [-0.15, -0.1) is 0 Å². The number of aliphatic hydroxyl groups is 1. The van der Waals surface area contributed by atoms with Crippen molar-refractivity contribution in [3.63, 3.8) is 0 Å². The van der Waals surface area contributed by atoms with Crippen LogP contribution in [0.5, 0.6) is 5.75 Å². The van der Waals surface area contributed by atoms with Crippen LogP contribution >= 0.6 is 0 Å². The highest BCUT2D eigenvalue weighted by Gasteiger charge is 2.72. The van der Waals surface area contributed by atoms with E-state index in [1.165, 1.54) is 0 Å². The maximum absolute atomic E-state index is 14.0. The van der Waals surface area contributed by atoms with E-state index in [-0.39, 0.29) is 36.1 Å². The van der Waals surface area contributed by atoms with Gasteiger partial charge in [-0.3, -0.25) is 4.79 Å². The third kappa shape index (κ3) is 3.78. The number of fused-ring (bicyclic) bond motifs is 5. The van der Waals surface area contributed by atoms with E-state index in [0.717, 1.165) is 23.1 Å². The first-order valence-electron chi connectivity index (χ1n) is 13.0. The smallest absolute Gasteiger partial charge is 0.192 e. The molecule has 194 valence electrons. The lowest BCUT2D eigenvalue weighted by Crippen LogP contribution is -2.74. The van der Waals surface area contributed by atoms with Crippen LogP contribution in [0.25, 0.3) is 0 Å². The van der Waals surface area contributed by atoms with E-state index in [4.69, 9.17) is 13.9 Å². The summed E-state index contributed by atoms with van der Waals surface area (Å²) in [6, 6.07) is 4.12. The molecule has 3 aliphatic rings. The van der Waals surface area contributed by atoms with E-state index in [2.05, 4.69) is 65.9 Å². The Morgan fingerprint density at radius 2 is 1.86 bits per heavy atom. The quantitative estimate of drug-likeness (QED) is 0.312. The molecule has 0 radical (unpaired) electrons. The minimum Gasteiger partial charge on any atom is -0.467 e. The number of aryl methyl sites for hydroxylation is 1. The molecule has 0 spiro atoms. The second-order valence-electron chi connectivity index (χ2n) is 13.0. The lowest BCUT2D eigenvalue weighted by molar-refractivity contribution is -0.213. The van der Waals surface area contributed by atoms with Gasteiger partial charge in [-0.05, 0) is 67.4 Å². The summed E-state index contributed by atoms with van der Waals surface area (Å²) in [5.41, 5.74) is 0.0485.